The van der Waals surface area contributed by atoms with E-state index >= 15 is 0 Å². The molecule has 0 aromatic carbocycles. The van der Waals surface area contributed by atoms with Crippen LogP contribution < -0.4 is 10.6 Å². The fourth-order valence-electron chi connectivity index (χ4n) is 3.42. The number of carbonyl (C=O) groups excluding carboxylic acids is 1. The first-order valence-electron chi connectivity index (χ1n) is 9.67. The number of pyridine rings is 1. The third kappa shape index (κ3) is 6.29. The van der Waals surface area contributed by atoms with Crippen LogP contribution in [0.5, 0.6) is 0 Å². The van der Waals surface area contributed by atoms with E-state index in [9.17, 15) is 19.4 Å². The van der Waals surface area contributed by atoms with Gasteiger partial charge in [-0.2, -0.15) is 0 Å². The number of aromatic nitrogens is 1. The van der Waals surface area contributed by atoms with Crippen molar-refractivity contribution >= 4 is 23.2 Å². The minimum Gasteiger partial charge on any atom is -0.390 e. The lowest BCUT2D eigenvalue weighted by Gasteiger charge is -2.36. The summed E-state index contributed by atoms with van der Waals surface area (Å²) in [5.74, 6) is -0.235. The maximum Gasteiger partial charge on any atom is 0.255 e. The van der Waals surface area contributed by atoms with Crippen LogP contribution in [0.3, 0.4) is 0 Å². The van der Waals surface area contributed by atoms with Crippen LogP contribution in [0.4, 0.5) is 10.1 Å². The molecule has 158 valence electrons. The van der Waals surface area contributed by atoms with Crippen molar-refractivity contribution in [1.82, 2.24) is 10.3 Å². The highest BCUT2D eigenvalue weighted by Crippen LogP contribution is 2.34. The minimum absolute atomic E-state index is 0.147. The third-order valence-corrected chi connectivity index (χ3v) is 5.62. The van der Waals surface area contributed by atoms with Crippen LogP contribution in [-0.2, 0) is 0 Å². The summed E-state index contributed by atoms with van der Waals surface area (Å²) in [6.07, 6.45) is 3.26. The van der Waals surface area contributed by atoms with Crippen LogP contribution in [0.2, 0.25) is 5.15 Å². The smallest absolute Gasteiger partial charge is 0.255 e. The number of rotatable bonds is 7. The number of hydrogen-bond donors (Lipinski definition) is 4. The number of nitrogens with zero attached hydrogens (tertiary/aromatic N) is 1. The highest BCUT2D eigenvalue weighted by molar-refractivity contribution is 6.29. The van der Waals surface area contributed by atoms with Gasteiger partial charge in [0.2, 0.25) is 0 Å². The van der Waals surface area contributed by atoms with Gasteiger partial charge in [-0.15, -0.1) is 0 Å². The predicted octanol–water partition coefficient (Wildman–Crippen LogP) is 3.32. The van der Waals surface area contributed by atoms with E-state index in [1.54, 1.807) is 6.07 Å². The Morgan fingerprint density at radius 2 is 1.89 bits per heavy atom. The molecule has 0 radical (unpaired) electrons. The Morgan fingerprint density at radius 1 is 1.29 bits per heavy atom. The first-order chi connectivity index (χ1) is 12.9. The summed E-state index contributed by atoms with van der Waals surface area (Å²) in [7, 11) is 0. The van der Waals surface area contributed by atoms with E-state index in [1.165, 1.54) is 20.0 Å². The lowest BCUT2D eigenvalue weighted by molar-refractivity contribution is -0.00183. The Kier molecular flexibility index (Phi) is 7.28. The van der Waals surface area contributed by atoms with Gasteiger partial charge < -0.3 is 20.8 Å². The Bertz CT molecular complexity index is 680. The largest absolute Gasteiger partial charge is 0.390 e. The van der Waals surface area contributed by atoms with Crippen molar-refractivity contribution in [3.05, 3.63) is 23.0 Å². The van der Waals surface area contributed by atoms with Gasteiger partial charge in [0.05, 0.1) is 29.0 Å². The Hall–Kier alpha value is -1.44. The standard InChI is InChI=1S/C20H31ClFN3O3/c1-19(2,27)12-5-7-13(8-6-12)25-15-9-17(21)23-10-14(15)18(26)24-11-16(22)20(3,4)28/h9-10,12-13,16,27-28H,5-8,11H2,1-4H3,(H,23,25)(H,24,26)/t12-,13-,16-/m1/s1. The zero-order chi connectivity index (χ0) is 21.1. The second-order valence-corrected chi connectivity index (χ2v) is 9.12. The van der Waals surface area contributed by atoms with Crippen molar-refractivity contribution in [2.24, 2.45) is 5.92 Å². The van der Waals surface area contributed by atoms with E-state index in [0.717, 1.165) is 25.7 Å². The molecule has 2 rings (SSSR count). The first-order valence-corrected chi connectivity index (χ1v) is 10.0. The van der Waals surface area contributed by atoms with Gasteiger partial charge in [-0.1, -0.05) is 11.6 Å². The number of nitrogens with one attached hydrogen (secondary N) is 2. The number of aliphatic hydroxyl groups is 2. The molecule has 8 heteroatoms. The van der Waals surface area contributed by atoms with Crippen molar-refractivity contribution in [2.75, 3.05) is 11.9 Å². The van der Waals surface area contributed by atoms with Gasteiger partial charge in [-0.3, -0.25) is 4.79 Å². The average Bonchev–Trinajstić information content (AvgIpc) is 2.58. The van der Waals surface area contributed by atoms with Gasteiger partial charge in [0.25, 0.3) is 5.91 Å². The molecule has 1 aliphatic carbocycles. The number of halogens is 2. The quantitative estimate of drug-likeness (QED) is 0.512. The second kappa shape index (κ2) is 8.93. The van der Waals surface area contributed by atoms with Crippen LogP contribution in [0.15, 0.2) is 12.3 Å². The lowest BCUT2D eigenvalue weighted by atomic mass is 9.77. The fraction of sp³-hybridized carbons (Fsp3) is 0.700. The Balaban J connectivity index is 2.03. The molecule has 0 bridgehead atoms. The van der Waals surface area contributed by atoms with E-state index in [4.69, 9.17) is 11.6 Å². The van der Waals surface area contributed by atoms with Gasteiger partial charge in [-0.25, -0.2) is 9.37 Å². The summed E-state index contributed by atoms with van der Waals surface area (Å²) in [5, 5.41) is 26.0. The van der Waals surface area contributed by atoms with Crippen molar-refractivity contribution in [2.45, 2.75) is 76.8 Å². The fourth-order valence-corrected chi connectivity index (χ4v) is 3.58. The highest BCUT2D eigenvalue weighted by Gasteiger charge is 2.32. The topological polar surface area (TPSA) is 94.5 Å². The van der Waals surface area contributed by atoms with Crippen molar-refractivity contribution < 1.29 is 19.4 Å². The van der Waals surface area contributed by atoms with Crippen LogP contribution in [-0.4, -0.2) is 51.1 Å². The number of carbonyl (C=O) groups is 1. The molecule has 1 aromatic rings. The van der Waals surface area contributed by atoms with E-state index in [0.29, 0.717) is 5.69 Å². The molecule has 1 amide bonds. The van der Waals surface area contributed by atoms with Crippen LogP contribution in [0.25, 0.3) is 0 Å². The zero-order valence-corrected chi connectivity index (χ0v) is 17.7. The maximum absolute atomic E-state index is 13.9. The predicted molar refractivity (Wildman–Crippen MR) is 108 cm³/mol. The minimum atomic E-state index is -1.59. The van der Waals surface area contributed by atoms with Gasteiger partial charge in [-0.05, 0) is 65.4 Å². The molecular formula is C20H31ClFN3O3. The molecule has 0 saturated heterocycles. The van der Waals surface area contributed by atoms with Crippen LogP contribution >= 0.6 is 11.6 Å². The summed E-state index contributed by atoms with van der Waals surface area (Å²) < 4.78 is 13.9. The number of amides is 1. The molecular weight excluding hydrogens is 385 g/mol. The van der Waals surface area contributed by atoms with Crippen molar-refractivity contribution in [1.29, 1.82) is 0 Å². The molecule has 0 spiro atoms. The number of hydrogen-bond acceptors (Lipinski definition) is 5. The summed E-state index contributed by atoms with van der Waals surface area (Å²) in [5.41, 5.74) is -1.41. The number of alkyl halides is 1. The van der Waals surface area contributed by atoms with E-state index in [2.05, 4.69) is 15.6 Å². The van der Waals surface area contributed by atoms with E-state index in [-0.39, 0.29) is 29.2 Å². The molecule has 28 heavy (non-hydrogen) atoms. The molecule has 0 aliphatic heterocycles. The SMILES string of the molecule is CC(C)(O)[C@H](F)CNC(=O)c1cnc(Cl)cc1N[C@H]1CC[C@H](C(C)(C)O)CC1. The zero-order valence-electron chi connectivity index (χ0n) is 16.9. The summed E-state index contributed by atoms with van der Waals surface area (Å²) in [6.45, 7) is 6.07. The monoisotopic (exact) mass is 415 g/mol. The third-order valence-electron chi connectivity index (χ3n) is 5.41. The molecule has 0 unspecified atom stereocenters. The summed E-state index contributed by atoms with van der Waals surface area (Å²) in [4.78, 5) is 16.5. The molecule has 1 aliphatic rings. The molecule has 1 heterocycles. The molecule has 1 atom stereocenters. The van der Waals surface area contributed by atoms with E-state index < -0.39 is 23.3 Å². The van der Waals surface area contributed by atoms with Crippen LogP contribution in [0.1, 0.15) is 63.7 Å². The first kappa shape index (κ1) is 22.8. The molecule has 1 fully saturated rings. The highest BCUT2D eigenvalue weighted by atomic mass is 35.5. The van der Waals surface area contributed by atoms with Crippen molar-refractivity contribution in [3.63, 3.8) is 0 Å². The summed E-state index contributed by atoms with van der Waals surface area (Å²) >= 11 is 6.00. The normalized spacial score (nSPS) is 21.9. The number of anilines is 1. The van der Waals surface area contributed by atoms with Crippen molar-refractivity contribution in [3.8, 4) is 0 Å². The second-order valence-electron chi connectivity index (χ2n) is 8.73. The molecule has 4 N–H and O–H groups in total. The molecule has 1 aromatic heterocycles. The van der Waals surface area contributed by atoms with E-state index in [1.807, 2.05) is 13.8 Å². The van der Waals surface area contributed by atoms with Gasteiger partial charge in [0.1, 0.15) is 11.3 Å². The van der Waals surface area contributed by atoms with Gasteiger partial charge in [0.15, 0.2) is 0 Å². The van der Waals surface area contributed by atoms with Gasteiger partial charge in [0, 0.05) is 12.2 Å². The lowest BCUT2D eigenvalue weighted by Crippen LogP contribution is -2.42. The van der Waals surface area contributed by atoms with Crippen LogP contribution in [0, 0.1) is 5.92 Å². The average molecular weight is 416 g/mol. The molecule has 6 nitrogen and oxygen atoms in total. The van der Waals surface area contributed by atoms with Gasteiger partial charge >= 0.3 is 0 Å². The Morgan fingerprint density at radius 3 is 2.43 bits per heavy atom. The molecule has 1 saturated carbocycles. The summed E-state index contributed by atoms with van der Waals surface area (Å²) in [6, 6.07) is 1.73. The maximum atomic E-state index is 13.9. The Labute approximate surface area is 170 Å².